The Morgan fingerprint density at radius 2 is 2.06 bits per heavy atom. The number of carboxylic acid groups (broad SMARTS) is 1. The summed E-state index contributed by atoms with van der Waals surface area (Å²) in [6, 6.07) is 0. The fraction of sp³-hybridized carbons (Fsp3) is 0.500. The Bertz CT molecular complexity index is 378. The molecular formula is C10H14N2O4. The molecule has 16 heavy (non-hydrogen) atoms. The maximum Gasteiger partial charge on any atom is 0.303 e. The Kier molecular flexibility index (Phi) is 4.04. The van der Waals surface area contributed by atoms with E-state index in [-0.39, 0.29) is 18.7 Å². The molecule has 6 heteroatoms. The van der Waals surface area contributed by atoms with E-state index < -0.39 is 5.97 Å². The fourth-order valence-corrected chi connectivity index (χ4v) is 1.25. The van der Waals surface area contributed by atoms with Crippen LogP contribution in [0.15, 0.2) is 4.52 Å². The smallest absolute Gasteiger partial charge is 0.303 e. The highest BCUT2D eigenvalue weighted by atomic mass is 16.5. The molecule has 0 saturated heterocycles. The van der Waals surface area contributed by atoms with Crippen LogP contribution >= 0.6 is 0 Å². The molecule has 0 unspecified atom stereocenters. The first kappa shape index (κ1) is 12.2. The van der Waals surface area contributed by atoms with Crippen molar-refractivity contribution in [1.82, 2.24) is 10.5 Å². The average Bonchev–Trinajstić information content (AvgIpc) is 2.53. The molecule has 0 atom stereocenters. The van der Waals surface area contributed by atoms with Gasteiger partial charge in [0.2, 0.25) is 5.91 Å². The van der Waals surface area contributed by atoms with E-state index in [1.807, 2.05) is 0 Å². The number of amides is 1. The van der Waals surface area contributed by atoms with Crippen molar-refractivity contribution in [3.63, 3.8) is 0 Å². The number of rotatable bonds is 5. The lowest BCUT2D eigenvalue weighted by Crippen LogP contribution is -2.23. The summed E-state index contributed by atoms with van der Waals surface area (Å²) >= 11 is 0. The van der Waals surface area contributed by atoms with Crippen molar-refractivity contribution in [2.45, 2.75) is 33.2 Å². The second-order valence-corrected chi connectivity index (χ2v) is 3.47. The van der Waals surface area contributed by atoms with Gasteiger partial charge in [-0.2, -0.15) is 0 Å². The molecule has 1 amide bonds. The summed E-state index contributed by atoms with van der Waals surface area (Å²) in [5, 5.41) is 14.8. The average molecular weight is 226 g/mol. The molecule has 1 heterocycles. The number of aliphatic carboxylic acids is 1. The van der Waals surface area contributed by atoms with Gasteiger partial charge in [-0.3, -0.25) is 9.59 Å². The molecule has 2 N–H and O–H groups in total. The highest BCUT2D eigenvalue weighted by Gasteiger charge is 2.10. The first-order valence-corrected chi connectivity index (χ1v) is 4.91. The number of aromatic nitrogens is 1. The first-order chi connectivity index (χ1) is 7.50. The van der Waals surface area contributed by atoms with E-state index in [2.05, 4.69) is 10.5 Å². The van der Waals surface area contributed by atoms with Gasteiger partial charge in [0.25, 0.3) is 0 Å². The van der Waals surface area contributed by atoms with E-state index in [4.69, 9.17) is 9.63 Å². The Morgan fingerprint density at radius 1 is 1.38 bits per heavy atom. The lowest BCUT2D eigenvalue weighted by atomic mass is 10.2. The molecule has 0 aliphatic carbocycles. The topological polar surface area (TPSA) is 92.4 Å². The van der Waals surface area contributed by atoms with Crippen molar-refractivity contribution in [3.8, 4) is 0 Å². The van der Waals surface area contributed by atoms with Crippen LogP contribution in [0.4, 0.5) is 0 Å². The number of hydrogen-bond acceptors (Lipinski definition) is 4. The Balaban J connectivity index is 2.40. The highest BCUT2D eigenvalue weighted by molar-refractivity contribution is 5.80. The molecule has 0 fully saturated rings. The number of carbonyl (C=O) groups is 2. The molecule has 88 valence electrons. The van der Waals surface area contributed by atoms with Crippen LogP contribution in [0.25, 0.3) is 0 Å². The molecule has 0 bridgehead atoms. The number of nitrogens with zero attached hydrogens (tertiary/aromatic N) is 1. The van der Waals surface area contributed by atoms with Crippen molar-refractivity contribution in [2.75, 3.05) is 0 Å². The van der Waals surface area contributed by atoms with Crippen LogP contribution in [0.5, 0.6) is 0 Å². The first-order valence-electron chi connectivity index (χ1n) is 4.91. The molecule has 0 aliphatic rings. The van der Waals surface area contributed by atoms with E-state index in [1.54, 1.807) is 13.8 Å². The van der Waals surface area contributed by atoms with Gasteiger partial charge in [-0.05, 0) is 13.8 Å². The summed E-state index contributed by atoms with van der Waals surface area (Å²) in [5.41, 5.74) is 1.57. The van der Waals surface area contributed by atoms with Crippen molar-refractivity contribution in [1.29, 1.82) is 0 Å². The van der Waals surface area contributed by atoms with Crippen LogP contribution in [-0.2, 0) is 16.1 Å². The van der Waals surface area contributed by atoms with Crippen molar-refractivity contribution >= 4 is 11.9 Å². The Morgan fingerprint density at radius 3 is 2.56 bits per heavy atom. The van der Waals surface area contributed by atoms with Gasteiger partial charge in [0.15, 0.2) is 0 Å². The standard InChI is InChI=1S/C10H14N2O4/c1-6-8(7(2)16-12-6)5-11-9(13)3-4-10(14)15/h3-5H2,1-2H3,(H,11,13)(H,14,15). The third-order valence-electron chi connectivity index (χ3n) is 2.21. The zero-order valence-electron chi connectivity index (χ0n) is 9.24. The minimum atomic E-state index is -0.979. The summed E-state index contributed by atoms with van der Waals surface area (Å²) in [4.78, 5) is 21.5. The Hall–Kier alpha value is -1.85. The SMILES string of the molecule is Cc1noc(C)c1CNC(=O)CCC(=O)O. The maximum absolute atomic E-state index is 11.2. The van der Waals surface area contributed by atoms with Gasteiger partial charge in [-0.1, -0.05) is 5.16 Å². The number of carbonyl (C=O) groups excluding carboxylic acids is 1. The molecule has 1 rings (SSSR count). The van der Waals surface area contributed by atoms with Gasteiger partial charge in [0.05, 0.1) is 12.1 Å². The van der Waals surface area contributed by atoms with Crippen molar-refractivity contribution in [3.05, 3.63) is 17.0 Å². The maximum atomic E-state index is 11.2. The number of nitrogens with one attached hydrogen (secondary N) is 1. The zero-order valence-corrected chi connectivity index (χ0v) is 9.24. The molecule has 1 aromatic rings. The minimum absolute atomic E-state index is 0.0152. The van der Waals surface area contributed by atoms with E-state index >= 15 is 0 Å². The number of aryl methyl sites for hydroxylation is 2. The summed E-state index contributed by atoms with van der Waals surface area (Å²) in [6.07, 6.45) is -0.174. The van der Waals surface area contributed by atoms with Crippen LogP contribution in [0, 0.1) is 13.8 Å². The number of hydrogen-bond donors (Lipinski definition) is 2. The van der Waals surface area contributed by atoms with E-state index in [0.717, 1.165) is 11.3 Å². The number of carboxylic acids is 1. The van der Waals surface area contributed by atoms with E-state index in [9.17, 15) is 9.59 Å². The summed E-state index contributed by atoms with van der Waals surface area (Å²) < 4.78 is 4.93. The van der Waals surface area contributed by atoms with Crippen molar-refractivity contribution < 1.29 is 19.2 Å². The predicted molar refractivity (Wildman–Crippen MR) is 54.7 cm³/mol. The third kappa shape index (κ3) is 3.38. The molecule has 0 saturated carbocycles. The zero-order chi connectivity index (χ0) is 12.1. The fourth-order valence-electron chi connectivity index (χ4n) is 1.25. The molecule has 0 radical (unpaired) electrons. The van der Waals surface area contributed by atoms with Gasteiger partial charge in [-0.25, -0.2) is 0 Å². The molecule has 0 aliphatic heterocycles. The summed E-state index contributed by atoms with van der Waals surface area (Å²) in [7, 11) is 0. The monoisotopic (exact) mass is 226 g/mol. The van der Waals surface area contributed by atoms with Gasteiger partial charge < -0.3 is 14.9 Å². The van der Waals surface area contributed by atoms with Crippen molar-refractivity contribution in [2.24, 2.45) is 0 Å². The van der Waals surface area contributed by atoms with Gasteiger partial charge in [0.1, 0.15) is 5.76 Å². The largest absolute Gasteiger partial charge is 0.481 e. The van der Waals surface area contributed by atoms with E-state index in [1.165, 1.54) is 0 Å². The highest BCUT2D eigenvalue weighted by Crippen LogP contribution is 2.11. The van der Waals surface area contributed by atoms with Crippen LogP contribution in [0.3, 0.4) is 0 Å². The van der Waals surface area contributed by atoms with Crippen LogP contribution in [-0.4, -0.2) is 22.1 Å². The van der Waals surface area contributed by atoms with Gasteiger partial charge in [0, 0.05) is 18.5 Å². The predicted octanol–water partition coefficient (Wildman–Crippen LogP) is 0.772. The molecule has 1 aromatic heterocycles. The Labute approximate surface area is 92.6 Å². The lowest BCUT2D eigenvalue weighted by molar-refractivity contribution is -0.138. The summed E-state index contributed by atoms with van der Waals surface area (Å²) in [5.74, 6) is -0.606. The van der Waals surface area contributed by atoms with Gasteiger partial charge >= 0.3 is 5.97 Å². The minimum Gasteiger partial charge on any atom is -0.481 e. The molecule has 0 aromatic carbocycles. The summed E-state index contributed by atoms with van der Waals surface area (Å²) in [6.45, 7) is 3.87. The van der Waals surface area contributed by atoms with Crippen LogP contribution < -0.4 is 5.32 Å². The molecule has 6 nitrogen and oxygen atoms in total. The van der Waals surface area contributed by atoms with Gasteiger partial charge in [-0.15, -0.1) is 0 Å². The van der Waals surface area contributed by atoms with Crippen LogP contribution in [0.1, 0.15) is 29.9 Å². The quantitative estimate of drug-likeness (QED) is 0.773. The lowest BCUT2D eigenvalue weighted by Gasteiger charge is -2.03. The third-order valence-corrected chi connectivity index (χ3v) is 2.21. The second-order valence-electron chi connectivity index (χ2n) is 3.47. The molecule has 0 spiro atoms. The van der Waals surface area contributed by atoms with E-state index in [0.29, 0.717) is 12.3 Å². The second kappa shape index (κ2) is 5.29. The van der Waals surface area contributed by atoms with Crippen LogP contribution in [0.2, 0.25) is 0 Å². The molecular weight excluding hydrogens is 212 g/mol. The normalized spacial score (nSPS) is 10.1.